The third-order valence-electron chi connectivity index (χ3n) is 5.74. The van der Waals surface area contributed by atoms with Gasteiger partial charge in [0, 0.05) is 33.7 Å². The van der Waals surface area contributed by atoms with E-state index in [9.17, 15) is 4.79 Å². The van der Waals surface area contributed by atoms with Crippen LogP contribution < -0.4 is 5.32 Å². The number of hydrogen-bond donors (Lipinski definition) is 1. The van der Waals surface area contributed by atoms with Crippen molar-refractivity contribution in [3.8, 4) is 0 Å². The first-order chi connectivity index (χ1) is 13.7. The number of amides is 1. The summed E-state index contributed by atoms with van der Waals surface area (Å²) in [6, 6.07) is 8.40. The van der Waals surface area contributed by atoms with Crippen LogP contribution in [0.25, 0.3) is 0 Å². The van der Waals surface area contributed by atoms with Crippen LogP contribution in [0.5, 0.6) is 0 Å². The van der Waals surface area contributed by atoms with E-state index in [1.54, 1.807) is 11.3 Å². The number of carbonyl (C=O) groups excluding carboxylic acids is 1. The molecular formula is C22H29N3OS2. The molecule has 0 unspecified atom stereocenters. The number of aryl methyl sites for hydroxylation is 1. The number of likely N-dealkylation sites (tertiary alicyclic amines) is 1. The van der Waals surface area contributed by atoms with Crippen LogP contribution in [0.2, 0.25) is 0 Å². The Balaban J connectivity index is 1.22. The SMILES string of the molecule is Cc1nc(CN2CCC(C(=O)Nc3ccc(SC4CCCC4)cc3)CC2)cs1. The van der Waals surface area contributed by atoms with Crippen LogP contribution >= 0.6 is 23.1 Å². The molecule has 2 heterocycles. The Labute approximate surface area is 176 Å². The maximum absolute atomic E-state index is 12.7. The number of benzene rings is 1. The first-order valence-corrected chi connectivity index (χ1v) is 12.1. The van der Waals surface area contributed by atoms with Crippen LogP contribution in [0.4, 0.5) is 5.69 Å². The second-order valence-corrected chi connectivity index (χ2v) is 10.4. The van der Waals surface area contributed by atoms with Crippen LogP contribution in [0.15, 0.2) is 34.5 Å². The molecule has 1 saturated heterocycles. The zero-order valence-electron chi connectivity index (χ0n) is 16.5. The highest BCUT2D eigenvalue weighted by Crippen LogP contribution is 2.35. The van der Waals surface area contributed by atoms with E-state index in [0.29, 0.717) is 0 Å². The molecule has 1 saturated carbocycles. The fourth-order valence-electron chi connectivity index (χ4n) is 4.12. The summed E-state index contributed by atoms with van der Waals surface area (Å²) in [5, 5.41) is 7.16. The fraction of sp³-hybridized carbons (Fsp3) is 0.545. The molecule has 1 aromatic heterocycles. The molecule has 2 aromatic rings. The van der Waals surface area contributed by atoms with Crippen molar-refractivity contribution in [1.29, 1.82) is 0 Å². The summed E-state index contributed by atoms with van der Waals surface area (Å²) in [5.74, 6) is 0.279. The largest absolute Gasteiger partial charge is 0.326 e. The van der Waals surface area contributed by atoms with Gasteiger partial charge in [-0.1, -0.05) is 12.8 Å². The van der Waals surface area contributed by atoms with Crippen molar-refractivity contribution in [2.45, 2.75) is 62.1 Å². The molecule has 1 aliphatic carbocycles. The molecule has 1 amide bonds. The van der Waals surface area contributed by atoms with Gasteiger partial charge in [0.1, 0.15) is 0 Å². The van der Waals surface area contributed by atoms with E-state index in [1.165, 1.54) is 30.6 Å². The van der Waals surface area contributed by atoms with Gasteiger partial charge in [0.2, 0.25) is 5.91 Å². The number of nitrogens with one attached hydrogen (secondary N) is 1. The van der Waals surface area contributed by atoms with Gasteiger partial charge in [0.25, 0.3) is 0 Å². The number of piperidine rings is 1. The lowest BCUT2D eigenvalue weighted by atomic mass is 9.95. The smallest absolute Gasteiger partial charge is 0.227 e. The summed E-state index contributed by atoms with van der Waals surface area (Å²) in [5.41, 5.74) is 2.07. The number of nitrogens with zero attached hydrogens (tertiary/aromatic N) is 2. The van der Waals surface area contributed by atoms with Crippen molar-refractivity contribution in [3.05, 3.63) is 40.3 Å². The van der Waals surface area contributed by atoms with Gasteiger partial charge < -0.3 is 5.32 Å². The lowest BCUT2D eigenvalue weighted by Gasteiger charge is -2.30. The number of aromatic nitrogens is 1. The maximum Gasteiger partial charge on any atom is 0.227 e. The summed E-state index contributed by atoms with van der Waals surface area (Å²) >= 11 is 3.69. The summed E-state index contributed by atoms with van der Waals surface area (Å²) in [4.78, 5) is 20.9. The van der Waals surface area contributed by atoms with Crippen LogP contribution in [0.3, 0.4) is 0 Å². The minimum atomic E-state index is 0.112. The normalized spacial score (nSPS) is 19.2. The number of rotatable bonds is 6. The third kappa shape index (κ3) is 5.37. The van der Waals surface area contributed by atoms with E-state index >= 15 is 0 Å². The van der Waals surface area contributed by atoms with Gasteiger partial charge in [-0.25, -0.2) is 4.98 Å². The average Bonchev–Trinajstić information content (AvgIpc) is 3.36. The Morgan fingerprint density at radius 1 is 1.18 bits per heavy atom. The predicted octanol–water partition coefficient (Wildman–Crippen LogP) is 5.34. The van der Waals surface area contributed by atoms with Gasteiger partial charge in [-0.15, -0.1) is 23.1 Å². The molecule has 1 N–H and O–H groups in total. The van der Waals surface area contributed by atoms with E-state index in [4.69, 9.17) is 0 Å². The average molecular weight is 416 g/mol. The van der Waals surface area contributed by atoms with E-state index in [0.717, 1.165) is 54.1 Å². The Kier molecular flexibility index (Phi) is 6.70. The molecule has 4 rings (SSSR count). The van der Waals surface area contributed by atoms with E-state index in [2.05, 4.69) is 44.8 Å². The number of anilines is 1. The minimum Gasteiger partial charge on any atom is -0.326 e. The standard InChI is InChI=1S/C22H29N3OS2/c1-16-23-19(15-27-16)14-25-12-10-17(11-13-25)22(26)24-18-6-8-21(9-7-18)28-20-4-2-3-5-20/h6-9,15,17,20H,2-5,10-14H2,1H3,(H,24,26). The first kappa shape index (κ1) is 19.9. The zero-order valence-corrected chi connectivity index (χ0v) is 18.2. The lowest BCUT2D eigenvalue weighted by Crippen LogP contribution is -2.37. The summed E-state index contributed by atoms with van der Waals surface area (Å²) in [6.45, 7) is 4.88. The predicted molar refractivity (Wildman–Crippen MR) is 118 cm³/mol. The molecule has 1 aliphatic heterocycles. The molecule has 6 heteroatoms. The Bertz CT molecular complexity index is 775. The third-order valence-corrected chi connectivity index (χ3v) is 7.91. The van der Waals surface area contributed by atoms with Crippen molar-refractivity contribution in [2.24, 2.45) is 5.92 Å². The quantitative estimate of drug-likeness (QED) is 0.692. The Morgan fingerprint density at radius 3 is 2.54 bits per heavy atom. The topological polar surface area (TPSA) is 45.2 Å². The molecule has 0 bridgehead atoms. The van der Waals surface area contributed by atoms with E-state index in [1.807, 2.05) is 18.7 Å². The van der Waals surface area contributed by atoms with Crippen molar-refractivity contribution in [1.82, 2.24) is 9.88 Å². The number of thioether (sulfide) groups is 1. The van der Waals surface area contributed by atoms with Crippen molar-refractivity contribution < 1.29 is 4.79 Å². The van der Waals surface area contributed by atoms with E-state index in [-0.39, 0.29) is 11.8 Å². The van der Waals surface area contributed by atoms with E-state index < -0.39 is 0 Å². The number of thiazole rings is 1. The summed E-state index contributed by atoms with van der Waals surface area (Å²) in [7, 11) is 0. The maximum atomic E-state index is 12.7. The van der Waals surface area contributed by atoms with Crippen molar-refractivity contribution in [2.75, 3.05) is 18.4 Å². The molecule has 4 nitrogen and oxygen atoms in total. The van der Waals surface area contributed by atoms with Crippen molar-refractivity contribution >= 4 is 34.7 Å². The molecule has 2 aliphatic rings. The molecule has 0 atom stereocenters. The summed E-state index contributed by atoms with van der Waals surface area (Å²) < 4.78 is 0. The summed E-state index contributed by atoms with van der Waals surface area (Å²) in [6.07, 6.45) is 7.26. The van der Waals surface area contributed by atoms with Crippen LogP contribution in [-0.4, -0.2) is 34.1 Å². The molecule has 0 spiro atoms. The molecule has 1 aromatic carbocycles. The second-order valence-electron chi connectivity index (χ2n) is 7.95. The van der Waals surface area contributed by atoms with Gasteiger partial charge in [0.15, 0.2) is 0 Å². The highest BCUT2D eigenvalue weighted by Gasteiger charge is 2.25. The van der Waals surface area contributed by atoms with Gasteiger partial charge in [-0.05, 0) is 70.0 Å². The van der Waals surface area contributed by atoms with Gasteiger partial charge in [-0.2, -0.15) is 0 Å². The van der Waals surface area contributed by atoms with Crippen molar-refractivity contribution in [3.63, 3.8) is 0 Å². The Morgan fingerprint density at radius 2 is 1.89 bits per heavy atom. The Hall–Kier alpha value is -1.37. The number of carbonyl (C=O) groups is 1. The molecule has 28 heavy (non-hydrogen) atoms. The zero-order chi connectivity index (χ0) is 19.3. The van der Waals surface area contributed by atoms with Crippen LogP contribution in [-0.2, 0) is 11.3 Å². The number of hydrogen-bond acceptors (Lipinski definition) is 5. The molecular weight excluding hydrogens is 386 g/mol. The first-order valence-electron chi connectivity index (χ1n) is 10.4. The van der Waals surface area contributed by atoms with Crippen LogP contribution in [0, 0.1) is 12.8 Å². The minimum absolute atomic E-state index is 0.112. The monoisotopic (exact) mass is 415 g/mol. The second kappa shape index (κ2) is 9.42. The van der Waals surface area contributed by atoms with Gasteiger partial charge >= 0.3 is 0 Å². The highest BCUT2D eigenvalue weighted by molar-refractivity contribution is 8.00. The highest BCUT2D eigenvalue weighted by atomic mass is 32.2. The van der Waals surface area contributed by atoms with Crippen LogP contribution in [0.1, 0.15) is 49.2 Å². The van der Waals surface area contributed by atoms with Gasteiger partial charge in [-0.3, -0.25) is 9.69 Å². The van der Waals surface area contributed by atoms with Gasteiger partial charge in [0.05, 0.1) is 10.7 Å². The molecule has 2 fully saturated rings. The fourth-order valence-corrected chi connectivity index (χ4v) is 5.97. The molecule has 150 valence electrons. The lowest BCUT2D eigenvalue weighted by molar-refractivity contribution is -0.121. The molecule has 0 radical (unpaired) electrons.